The highest BCUT2D eigenvalue weighted by Crippen LogP contribution is 2.37. The zero-order valence-corrected chi connectivity index (χ0v) is 18.9. The van der Waals surface area contributed by atoms with Crippen LogP contribution in [0, 0.1) is 0 Å². The molecular formula is C23H26F3N5O3. The fourth-order valence-corrected chi connectivity index (χ4v) is 4.52. The molecule has 0 bridgehead atoms. The Bertz CT molecular complexity index is 1090. The Morgan fingerprint density at radius 3 is 2.50 bits per heavy atom. The molecule has 1 aromatic heterocycles. The Morgan fingerprint density at radius 1 is 1.18 bits per heavy atom. The van der Waals surface area contributed by atoms with Crippen LogP contribution in [0.15, 0.2) is 30.5 Å². The van der Waals surface area contributed by atoms with Crippen LogP contribution < -0.4 is 5.32 Å². The normalized spacial score (nSPS) is 20.6. The van der Waals surface area contributed by atoms with Crippen molar-refractivity contribution >= 4 is 17.8 Å². The SMILES string of the molecule is CC1(C)NC(=O)N(CCC(=O)N2CCCC[C@H]2c2[nH]ncc2-c2ccc(C(F)(F)F)cc2)C1=O. The van der Waals surface area contributed by atoms with Gasteiger partial charge in [0.2, 0.25) is 5.91 Å². The average molecular weight is 477 g/mol. The summed E-state index contributed by atoms with van der Waals surface area (Å²) in [4.78, 5) is 40.4. The molecule has 2 aliphatic heterocycles. The molecular weight excluding hydrogens is 451 g/mol. The van der Waals surface area contributed by atoms with Crippen LogP contribution >= 0.6 is 0 Å². The second-order valence-corrected chi connectivity index (χ2v) is 9.13. The van der Waals surface area contributed by atoms with E-state index in [9.17, 15) is 27.6 Å². The molecule has 1 atom stereocenters. The van der Waals surface area contributed by atoms with E-state index in [2.05, 4.69) is 15.5 Å². The van der Waals surface area contributed by atoms with Gasteiger partial charge in [-0.3, -0.25) is 19.6 Å². The van der Waals surface area contributed by atoms with Gasteiger partial charge < -0.3 is 10.2 Å². The number of benzene rings is 1. The van der Waals surface area contributed by atoms with Crippen molar-refractivity contribution in [3.8, 4) is 11.1 Å². The number of alkyl halides is 3. The number of H-pyrrole nitrogens is 1. The molecule has 4 amide bonds. The number of urea groups is 1. The first-order valence-electron chi connectivity index (χ1n) is 11.1. The first kappa shape index (κ1) is 23.8. The van der Waals surface area contributed by atoms with Crippen molar-refractivity contribution in [1.82, 2.24) is 25.3 Å². The van der Waals surface area contributed by atoms with Crippen molar-refractivity contribution in [2.75, 3.05) is 13.1 Å². The summed E-state index contributed by atoms with van der Waals surface area (Å²) in [6, 6.07) is 3.99. The molecule has 182 valence electrons. The van der Waals surface area contributed by atoms with Crippen LogP contribution in [0.1, 0.15) is 56.8 Å². The minimum Gasteiger partial charge on any atom is -0.334 e. The first-order chi connectivity index (χ1) is 16.0. The predicted octanol–water partition coefficient (Wildman–Crippen LogP) is 3.87. The Morgan fingerprint density at radius 2 is 1.88 bits per heavy atom. The third kappa shape index (κ3) is 4.51. The summed E-state index contributed by atoms with van der Waals surface area (Å²) in [7, 11) is 0. The maximum Gasteiger partial charge on any atom is 0.416 e. The van der Waals surface area contributed by atoms with Gasteiger partial charge in [-0.1, -0.05) is 12.1 Å². The standard InChI is InChI=1S/C23H26F3N5O3/c1-22(2)20(33)31(21(34)28-22)12-10-18(32)30-11-4-3-5-17(30)19-16(13-27-29-19)14-6-8-15(9-7-14)23(24,25)26/h6-9,13,17H,3-5,10-12H2,1-2H3,(H,27,29)(H,28,34)/t17-/m0/s1. The summed E-state index contributed by atoms with van der Waals surface area (Å²) in [6.45, 7) is 3.69. The fourth-order valence-electron chi connectivity index (χ4n) is 4.52. The van der Waals surface area contributed by atoms with E-state index < -0.39 is 23.3 Å². The molecule has 0 spiro atoms. The summed E-state index contributed by atoms with van der Waals surface area (Å²) in [5.74, 6) is -0.582. The van der Waals surface area contributed by atoms with Crippen LogP contribution in [0.25, 0.3) is 11.1 Å². The van der Waals surface area contributed by atoms with E-state index in [1.165, 1.54) is 12.1 Å². The molecule has 34 heavy (non-hydrogen) atoms. The quantitative estimate of drug-likeness (QED) is 0.639. The Balaban J connectivity index is 1.51. The average Bonchev–Trinajstić information content (AvgIpc) is 3.34. The highest BCUT2D eigenvalue weighted by Gasteiger charge is 2.44. The molecule has 2 fully saturated rings. The molecule has 1 aromatic carbocycles. The predicted molar refractivity (Wildman–Crippen MR) is 116 cm³/mol. The number of carbonyl (C=O) groups excluding carboxylic acids is 3. The lowest BCUT2D eigenvalue weighted by molar-refractivity contribution is -0.138. The van der Waals surface area contributed by atoms with Crippen molar-refractivity contribution in [3.63, 3.8) is 0 Å². The maximum absolute atomic E-state index is 13.1. The third-order valence-corrected chi connectivity index (χ3v) is 6.34. The number of carbonyl (C=O) groups is 3. The topological polar surface area (TPSA) is 98.4 Å². The fraction of sp³-hybridized carbons (Fsp3) is 0.478. The van der Waals surface area contributed by atoms with Crippen molar-refractivity contribution in [1.29, 1.82) is 0 Å². The molecule has 8 nitrogen and oxygen atoms in total. The molecule has 0 saturated carbocycles. The number of nitrogens with zero attached hydrogens (tertiary/aromatic N) is 3. The Labute approximate surface area is 194 Å². The van der Waals surface area contributed by atoms with Crippen LogP contribution in [0.5, 0.6) is 0 Å². The van der Waals surface area contributed by atoms with Crippen molar-refractivity contribution in [2.45, 2.75) is 57.3 Å². The number of imide groups is 1. The largest absolute Gasteiger partial charge is 0.416 e. The number of aromatic nitrogens is 2. The number of piperidine rings is 1. The number of halogens is 3. The van der Waals surface area contributed by atoms with Crippen LogP contribution in [-0.4, -0.2) is 56.5 Å². The van der Waals surface area contributed by atoms with E-state index in [0.29, 0.717) is 29.8 Å². The number of rotatable bonds is 5. The number of nitrogens with one attached hydrogen (secondary N) is 2. The van der Waals surface area contributed by atoms with Crippen molar-refractivity contribution < 1.29 is 27.6 Å². The van der Waals surface area contributed by atoms with Gasteiger partial charge in [-0.15, -0.1) is 0 Å². The van der Waals surface area contributed by atoms with E-state index in [-0.39, 0.29) is 30.8 Å². The smallest absolute Gasteiger partial charge is 0.334 e. The van der Waals surface area contributed by atoms with Gasteiger partial charge in [-0.2, -0.15) is 18.3 Å². The lowest BCUT2D eigenvalue weighted by Gasteiger charge is -2.36. The Hall–Kier alpha value is -3.37. The molecule has 2 aromatic rings. The summed E-state index contributed by atoms with van der Waals surface area (Å²) in [6.07, 6.45) is -0.547. The van der Waals surface area contributed by atoms with Gasteiger partial charge in [0.05, 0.1) is 23.5 Å². The molecule has 0 radical (unpaired) electrons. The zero-order chi connectivity index (χ0) is 24.7. The second kappa shape index (κ2) is 8.77. The van der Waals surface area contributed by atoms with Gasteiger partial charge in [0.25, 0.3) is 5.91 Å². The maximum atomic E-state index is 13.1. The molecule has 0 aliphatic carbocycles. The van der Waals surface area contributed by atoms with Gasteiger partial charge in [0.15, 0.2) is 0 Å². The number of hydrogen-bond acceptors (Lipinski definition) is 4. The lowest BCUT2D eigenvalue weighted by Crippen LogP contribution is -2.42. The van der Waals surface area contributed by atoms with Gasteiger partial charge in [-0.05, 0) is 50.8 Å². The second-order valence-electron chi connectivity index (χ2n) is 9.13. The van der Waals surface area contributed by atoms with Gasteiger partial charge >= 0.3 is 12.2 Å². The van der Waals surface area contributed by atoms with Crippen molar-refractivity contribution in [2.24, 2.45) is 0 Å². The summed E-state index contributed by atoms with van der Waals surface area (Å²) in [5, 5.41) is 9.62. The zero-order valence-electron chi connectivity index (χ0n) is 18.9. The minimum atomic E-state index is -4.42. The highest BCUT2D eigenvalue weighted by atomic mass is 19.4. The van der Waals surface area contributed by atoms with E-state index in [1.807, 2.05) is 0 Å². The van der Waals surface area contributed by atoms with Crippen LogP contribution in [0.2, 0.25) is 0 Å². The third-order valence-electron chi connectivity index (χ3n) is 6.34. The van der Waals surface area contributed by atoms with Gasteiger partial charge in [-0.25, -0.2) is 4.79 Å². The van der Waals surface area contributed by atoms with Gasteiger partial charge in [0, 0.05) is 25.1 Å². The summed E-state index contributed by atoms with van der Waals surface area (Å²) >= 11 is 0. The van der Waals surface area contributed by atoms with E-state index in [4.69, 9.17) is 0 Å². The molecule has 3 heterocycles. The van der Waals surface area contributed by atoms with E-state index in [0.717, 1.165) is 29.9 Å². The first-order valence-corrected chi connectivity index (χ1v) is 11.1. The number of aromatic amines is 1. The monoisotopic (exact) mass is 477 g/mol. The van der Waals surface area contributed by atoms with Gasteiger partial charge in [0.1, 0.15) is 5.54 Å². The lowest BCUT2D eigenvalue weighted by atomic mass is 9.94. The van der Waals surface area contributed by atoms with Crippen molar-refractivity contribution in [3.05, 3.63) is 41.7 Å². The van der Waals surface area contributed by atoms with Crippen LogP contribution in [-0.2, 0) is 15.8 Å². The highest BCUT2D eigenvalue weighted by molar-refractivity contribution is 6.06. The van der Waals surface area contributed by atoms with E-state index >= 15 is 0 Å². The Kier molecular flexibility index (Phi) is 6.13. The van der Waals surface area contributed by atoms with E-state index in [1.54, 1.807) is 24.9 Å². The van der Waals surface area contributed by atoms with Crippen LogP contribution in [0.4, 0.5) is 18.0 Å². The molecule has 2 N–H and O–H groups in total. The summed E-state index contributed by atoms with van der Waals surface area (Å²) in [5.41, 5.74) is 0.120. The summed E-state index contributed by atoms with van der Waals surface area (Å²) < 4.78 is 38.8. The molecule has 2 aliphatic rings. The molecule has 0 unspecified atom stereocenters. The van der Waals surface area contributed by atoms with Crippen LogP contribution in [0.3, 0.4) is 0 Å². The number of likely N-dealkylation sites (tertiary alicyclic amines) is 1. The molecule has 11 heteroatoms. The number of hydrogen-bond donors (Lipinski definition) is 2. The minimum absolute atomic E-state index is 0.0184. The molecule has 4 rings (SSSR count). The molecule has 2 saturated heterocycles. The number of amides is 4.